The molecule has 0 radical (unpaired) electrons. The van der Waals surface area contributed by atoms with Gasteiger partial charge in [0.05, 0.1) is 5.54 Å². The van der Waals surface area contributed by atoms with Crippen LogP contribution in [0.15, 0.2) is 4.99 Å². The van der Waals surface area contributed by atoms with Crippen molar-refractivity contribution in [2.24, 2.45) is 10.7 Å². The topological polar surface area (TPSA) is 47.6 Å². The summed E-state index contributed by atoms with van der Waals surface area (Å²) in [5.74, 6) is 0.592. The van der Waals surface area contributed by atoms with E-state index in [0.717, 1.165) is 6.42 Å². The number of nitrogens with two attached hydrogens (primary N) is 1. The molecule has 0 rings (SSSR count). The number of nitrogens with zero attached hydrogens (tertiary/aromatic N) is 1. The maximum absolute atomic E-state index is 5.96. The number of hydrogen-bond donors (Lipinski definition) is 1. The fraction of sp³-hybridized carbons (Fsp3) is 0.909. The Hall–Kier alpha value is -0.570. The van der Waals surface area contributed by atoms with Gasteiger partial charge < -0.3 is 10.5 Å². The van der Waals surface area contributed by atoms with Crippen molar-refractivity contribution in [1.29, 1.82) is 0 Å². The Kier molecular flexibility index (Phi) is 4.59. The first-order valence-corrected chi connectivity index (χ1v) is 5.25. The molecule has 0 aliphatic carbocycles. The molecule has 0 heterocycles. The molecule has 0 aliphatic rings. The van der Waals surface area contributed by atoms with E-state index in [1.165, 1.54) is 0 Å². The van der Waals surface area contributed by atoms with Crippen molar-refractivity contribution in [2.75, 3.05) is 6.61 Å². The lowest BCUT2D eigenvalue weighted by atomic mass is 10.0. The van der Waals surface area contributed by atoms with Crippen LogP contribution in [0.1, 0.15) is 48.0 Å². The lowest BCUT2D eigenvalue weighted by Crippen LogP contribution is -2.44. The molecule has 0 spiro atoms. The van der Waals surface area contributed by atoms with E-state index in [2.05, 4.69) is 11.9 Å². The van der Waals surface area contributed by atoms with Crippen molar-refractivity contribution in [3.63, 3.8) is 0 Å². The van der Waals surface area contributed by atoms with Crippen molar-refractivity contribution in [1.82, 2.24) is 0 Å². The molecular weight excluding hydrogens is 176 g/mol. The molecule has 1 unspecified atom stereocenters. The van der Waals surface area contributed by atoms with Crippen molar-refractivity contribution >= 4 is 5.84 Å². The predicted octanol–water partition coefficient (Wildman–Crippen LogP) is 2.35. The van der Waals surface area contributed by atoms with Crippen LogP contribution in [0.3, 0.4) is 0 Å². The summed E-state index contributed by atoms with van der Waals surface area (Å²) in [5, 5.41) is 0. The smallest absolute Gasteiger partial charge is 0.127 e. The fourth-order valence-electron chi connectivity index (χ4n) is 1.16. The summed E-state index contributed by atoms with van der Waals surface area (Å²) in [6.07, 6.45) is 0.840. The number of amidine groups is 1. The Morgan fingerprint density at radius 1 is 1.21 bits per heavy atom. The summed E-state index contributed by atoms with van der Waals surface area (Å²) in [6.45, 7) is 12.8. The van der Waals surface area contributed by atoms with Crippen molar-refractivity contribution in [3.8, 4) is 0 Å². The maximum Gasteiger partial charge on any atom is 0.127 e. The molecule has 3 nitrogen and oxygen atoms in total. The van der Waals surface area contributed by atoms with Crippen molar-refractivity contribution in [3.05, 3.63) is 0 Å². The highest BCUT2D eigenvalue weighted by Crippen LogP contribution is 2.18. The molecule has 0 amide bonds. The Balaban J connectivity index is 4.77. The Bertz CT molecular complexity index is 206. The Morgan fingerprint density at radius 3 is 2.00 bits per heavy atom. The second-order valence-corrected chi connectivity index (χ2v) is 4.69. The van der Waals surface area contributed by atoms with Gasteiger partial charge in [-0.1, -0.05) is 6.92 Å². The highest BCUT2D eigenvalue weighted by atomic mass is 16.5. The van der Waals surface area contributed by atoms with Gasteiger partial charge in [0.2, 0.25) is 0 Å². The van der Waals surface area contributed by atoms with Crippen LogP contribution in [0, 0.1) is 0 Å². The van der Waals surface area contributed by atoms with E-state index < -0.39 is 5.60 Å². The molecule has 0 aliphatic heterocycles. The monoisotopic (exact) mass is 200 g/mol. The third-order valence-electron chi connectivity index (χ3n) is 2.14. The van der Waals surface area contributed by atoms with Gasteiger partial charge >= 0.3 is 0 Å². The lowest BCUT2D eigenvalue weighted by Gasteiger charge is -2.29. The van der Waals surface area contributed by atoms with E-state index in [1.54, 1.807) is 0 Å². The second-order valence-electron chi connectivity index (χ2n) is 4.69. The highest BCUT2D eigenvalue weighted by Gasteiger charge is 2.28. The summed E-state index contributed by atoms with van der Waals surface area (Å²) >= 11 is 0. The van der Waals surface area contributed by atoms with Crippen LogP contribution < -0.4 is 5.73 Å². The van der Waals surface area contributed by atoms with E-state index >= 15 is 0 Å². The zero-order chi connectivity index (χ0) is 11.4. The molecule has 0 bridgehead atoms. The second kappa shape index (κ2) is 4.78. The lowest BCUT2D eigenvalue weighted by molar-refractivity contribution is 0.0253. The van der Waals surface area contributed by atoms with Gasteiger partial charge in [-0.25, -0.2) is 0 Å². The van der Waals surface area contributed by atoms with Crippen LogP contribution in [0.25, 0.3) is 0 Å². The molecule has 0 saturated carbocycles. The first-order chi connectivity index (χ1) is 6.25. The third-order valence-corrected chi connectivity index (χ3v) is 2.14. The fourth-order valence-corrected chi connectivity index (χ4v) is 1.16. The van der Waals surface area contributed by atoms with Gasteiger partial charge in [0.25, 0.3) is 0 Å². The van der Waals surface area contributed by atoms with Gasteiger partial charge in [-0.15, -0.1) is 0 Å². The summed E-state index contributed by atoms with van der Waals surface area (Å²) in [5.41, 5.74) is 5.40. The standard InChI is InChI=1S/C11H24N2O/c1-7-11(6,14-8-2)9(12)13-10(3,4)5/h7-8H2,1-6H3,(H2,12,13). The Labute approximate surface area is 87.7 Å². The highest BCUT2D eigenvalue weighted by molar-refractivity contribution is 5.88. The minimum Gasteiger partial charge on any atom is -0.385 e. The van der Waals surface area contributed by atoms with Gasteiger partial charge in [0.1, 0.15) is 11.4 Å². The van der Waals surface area contributed by atoms with Crippen LogP contribution >= 0.6 is 0 Å². The van der Waals surface area contributed by atoms with Crippen LogP contribution in [0.5, 0.6) is 0 Å². The number of hydrogen-bond acceptors (Lipinski definition) is 2. The van der Waals surface area contributed by atoms with Crippen LogP contribution in [0.4, 0.5) is 0 Å². The minimum absolute atomic E-state index is 0.141. The average molecular weight is 200 g/mol. The van der Waals surface area contributed by atoms with Gasteiger partial charge in [-0.05, 0) is 41.0 Å². The van der Waals surface area contributed by atoms with E-state index in [0.29, 0.717) is 12.4 Å². The molecule has 0 aromatic rings. The summed E-state index contributed by atoms with van der Waals surface area (Å²) < 4.78 is 5.63. The molecule has 0 saturated heterocycles. The zero-order valence-electron chi connectivity index (χ0n) is 10.3. The summed E-state index contributed by atoms with van der Waals surface area (Å²) in [7, 11) is 0. The molecule has 3 heteroatoms. The SMILES string of the molecule is CCOC(C)(CC)C(N)=NC(C)(C)C. The largest absolute Gasteiger partial charge is 0.385 e. The molecular formula is C11H24N2O. The van der Waals surface area contributed by atoms with Crippen LogP contribution in [-0.4, -0.2) is 23.6 Å². The minimum atomic E-state index is -0.415. The van der Waals surface area contributed by atoms with E-state index in [9.17, 15) is 0 Å². The van der Waals surface area contributed by atoms with E-state index in [1.807, 2.05) is 34.6 Å². The van der Waals surface area contributed by atoms with Gasteiger partial charge in [0, 0.05) is 6.61 Å². The number of ether oxygens (including phenoxy) is 1. The van der Waals surface area contributed by atoms with Gasteiger partial charge in [0.15, 0.2) is 0 Å². The number of aliphatic imine (C=N–C) groups is 1. The van der Waals surface area contributed by atoms with Gasteiger partial charge in [-0.3, -0.25) is 4.99 Å². The van der Waals surface area contributed by atoms with Crippen LogP contribution in [0.2, 0.25) is 0 Å². The maximum atomic E-state index is 5.96. The quantitative estimate of drug-likeness (QED) is 0.559. The summed E-state index contributed by atoms with van der Waals surface area (Å²) in [6, 6.07) is 0. The average Bonchev–Trinajstić information content (AvgIpc) is 2.01. The summed E-state index contributed by atoms with van der Waals surface area (Å²) in [4.78, 5) is 4.44. The normalized spacial score (nSPS) is 18.0. The molecule has 0 fully saturated rings. The molecule has 1 atom stereocenters. The molecule has 2 N–H and O–H groups in total. The zero-order valence-corrected chi connectivity index (χ0v) is 10.3. The first kappa shape index (κ1) is 13.4. The Morgan fingerprint density at radius 2 is 1.71 bits per heavy atom. The van der Waals surface area contributed by atoms with E-state index in [4.69, 9.17) is 10.5 Å². The molecule has 0 aromatic heterocycles. The molecule has 84 valence electrons. The van der Waals surface area contributed by atoms with Crippen LogP contribution in [-0.2, 0) is 4.74 Å². The van der Waals surface area contributed by atoms with E-state index in [-0.39, 0.29) is 5.54 Å². The third kappa shape index (κ3) is 4.09. The van der Waals surface area contributed by atoms with Crippen molar-refractivity contribution in [2.45, 2.75) is 59.1 Å². The molecule has 0 aromatic carbocycles. The first-order valence-electron chi connectivity index (χ1n) is 5.25. The van der Waals surface area contributed by atoms with Crippen molar-refractivity contribution < 1.29 is 4.74 Å². The van der Waals surface area contributed by atoms with Gasteiger partial charge in [-0.2, -0.15) is 0 Å². The predicted molar refractivity (Wildman–Crippen MR) is 61.7 cm³/mol. The molecule has 14 heavy (non-hydrogen) atoms. The number of rotatable bonds is 4.